The Bertz CT molecular complexity index is 599. The topological polar surface area (TPSA) is 110 Å². The lowest BCUT2D eigenvalue weighted by molar-refractivity contribution is -0.383. The molecular weight excluding hydrogens is 276 g/mol. The second-order valence-electron chi connectivity index (χ2n) is 5.31. The van der Waals surface area contributed by atoms with Gasteiger partial charge in [0.05, 0.1) is 10.8 Å². The van der Waals surface area contributed by atoms with Gasteiger partial charge in [-0.1, -0.05) is 6.07 Å². The average Bonchev–Trinajstić information content (AvgIpc) is 2.88. The number of anilines is 1. The lowest BCUT2D eigenvalue weighted by Crippen LogP contribution is -2.22. The number of nitrogens with zero attached hydrogens (tertiary/aromatic N) is 1. The summed E-state index contributed by atoms with van der Waals surface area (Å²) in [7, 11) is 0. The lowest BCUT2D eigenvalue weighted by atomic mass is 10.0. The van der Waals surface area contributed by atoms with Crippen molar-refractivity contribution in [2.24, 2.45) is 11.8 Å². The van der Waals surface area contributed by atoms with Crippen LogP contribution in [-0.2, 0) is 9.59 Å². The molecule has 2 N–H and O–H groups in total. The molecule has 112 valence electrons. The van der Waals surface area contributed by atoms with E-state index >= 15 is 0 Å². The number of hydrogen-bond acceptors (Lipinski definition) is 4. The third-order valence-electron chi connectivity index (χ3n) is 3.76. The van der Waals surface area contributed by atoms with Gasteiger partial charge in [-0.2, -0.15) is 0 Å². The Hall–Kier alpha value is -2.44. The molecule has 2 atom stereocenters. The molecule has 1 aromatic carbocycles. The highest BCUT2D eigenvalue weighted by molar-refractivity contribution is 5.95. The zero-order valence-electron chi connectivity index (χ0n) is 11.5. The van der Waals surface area contributed by atoms with Gasteiger partial charge in [0, 0.05) is 12.0 Å². The van der Waals surface area contributed by atoms with E-state index in [9.17, 15) is 19.7 Å². The number of carboxylic acid groups (broad SMARTS) is 1. The molecule has 2 rings (SSSR count). The summed E-state index contributed by atoms with van der Waals surface area (Å²) in [5, 5.41) is 22.4. The summed E-state index contributed by atoms with van der Waals surface area (Å²) >= 11 is 0. The van der Waals surface area contributed by atoms with Crippen LogP contribution in [0, 0.1) is 28.9 Å². The van der Waals surface area contributed by atoms with E-state index in [1.165, 1.54) is 6.07 Å². The van der Waals surface area contributed by atoms with Crippen LogP contribution in [0.25, 0.3) is 0 Å². The van der Waals surface area contributed by atoms with E-state index in [0.29, 0.717) is 12.8 Å². The number of rotatable bonds is 4. The van der Waals surface area contributed by atoms with E-state index < -0.39 is 22.7 Å². The molecule has 1 aliphatic rings. The summed E-state index contributed by atoms with van der Waals surface area (Å²) in [6.45, 7) is 1.77. The van der Waals surface area contributed by atoms with Gasteiger partial charge in [-0.05, 0) is 37.8 Å². The van der Waals surface area contributed by atoms with E-state index in [0.717, 1.165) is 5.56 Å². The molecule has 0 aromatic heterocycles. The number of carboxylic acids is 1. The Balaban J connectivity index is 2.12. The molecular formula is C14H16N2O5. The Morgan fingerprint density at radius 1 is 1.33 bits per heavy atom. The van der Waals surface area contributed by atoms with Gasteiger partial charge in [0.2, 0.25) is 5.91 Å². The fourth-order valence-corrected chi connectivity index (χ4v) is 2.59. The maximum atomic E-state index is 12.1. The minimum atomic E-state index is -0.896. The second kappa shape index (κ2) is 5.90. The number of amides is 1. The first-order valence-corrected chi connectivity index (χ1v) is 6.67. The first-order valence-electron chi connectivity index (χ1n) is 6.67. The smallest absolute Gasteiger partial charge is 0.306 e. The molecule has 0 heterocycles. The molecule has 0 spiro atoms. The maximum absolute atomic E-state index is 12.1. The Kier molecular flexibility index (Phi) is 4.21. The molecule has 0 aliphatic heterocycles. The van der Waals surface area contributed by atoms with Gasteiger partial charge in [-0.25, -0.2) is 0 Å². The van der Waals surface area contributed by atoms with E-state index in [2.05, 4.69) is 5.32 Å². The SMILES string of the molecule is Cc1ccc([N+](=O)[O-])c(NC(=O)C2CCC(C(=O)O)C2)c1. The number of aliphatic carboxylic acids is 1. The minimum Gasteiger partial charge on any atom is -0.481 e. The molecule has 0 saturated heterocycles. The standard InChI is InChI=1S/C14H16N2O5/c1-8-2-5-12(16(20)21)11(6-8)15-13(17)9-3-4-10(7-9)14(18)19/h2,5-6,9-10H,3-4,7H2,1H3,(H,15,17)(H,18,19). The van der Waals surface area contributed by atoms with Crippen molar-refractivity contribution in [3.8, 4) is 0 Å². The molecule has 7 heteroatoms. The zero-order chi connectivity index (χ0) is 15.6. The van der Waals surface area contributed by atoms with Crippen LogP contribution >= 0.6 is 0 Å². The van der Waals surface area contributed by atoms with Crippen LogP contribution in [0.2, 0.25) is 0 Å². The molecule has 1 amide bonds. The van der Waals surface area contributed by atoms with Crippen LogP contribution in [0.3, 0.4) is 0 Å². The van der Waals surface area contributed by atoms with E-state index in [1.807, 2.05) is 0 Å². The van der Waals surface area contributed by atoms with Crippen molar-refractivity contribution in [3.63, 3.8) is 0 Å². The average molecular weight is 292 g/mol. The summed E-state index contributed by atoms with van der Waals surface area (Å²) in [6.07, 6.45) is 1.23. The first kappa shape index (κ1) is 15.0. The third-order valence-corrected chi connectivity index (χ3v) is 3.76. The van der Waals surface area contributed by atoms with Crippen LogP contribution in [0.15, 0.2) is 18.2 Å². The minimum absolute atomic E-state index is 0.156. The number of carbonyl (C=O) groups excluding carboxylic acids is 1. The number of nitro benzene ring substituents is 1. The summed E-state index contributed by atoms with van der Waals surface area (Å²) in [5.41, 5.74) is 0.788. The number of nitro groups is 1. The van der Waals surface area contributed by atoms with Gasteiger partial charge in [0.15, 0.2) is 0 Å². The molecule has 1 fully saturated rings. The fraction of sp³-hybridized carbons (Fsp3) is 0.429. The normalized spacial score (nSPS) is 21.0. The van der Waals surface area contributed by atoms with Gasteiger partial charge >= 0.3 is 5.97 Å². The number of aryl methyl sites for hydroxylation is 1. The molecule has 1 saturated carbocycles. The van der Waals surface area contributed by atoms with Crippen molar-refractivity contribution in [2.75, 3.05) is 5.32 Å². The largest absolute Gasteiger partial charge is 0.481 e. The van der Waals surface area contributed by atoms with E-state index in [4.69, 9.17) is 5.11 Å². The predicted molar refractivity (Wildman–Crippen MR) is 74.9 cm³/mol. The van der Waals surface area contributed by atoms with Crippen molar-refractivity contribution in [1.29, 1.82) is 0 Å². The Morgan fingerprint density at radius 2 is 2.00 bits per heavy atom. The molecule has 0 bridgehead atoms. The monoisotopic (exact) mass is 292 g/mol. The van der Waals surface area contributed by atoms with Gasteiger partial charge in [-0.15, -0.1) is 0 Å². The highest BCUT2D eigenvalue weighted by atomic mass is 16.6. The molecule has 1 aromatic rings. The van der Waals surface area contributed by atoms with Crippen molar-refractivity contribution in [2.45, 2.75) is 26.2 Å². The quantitative estimate of drug-likeness (QED) is 0.653. The molecule has 21 heavy (non-hydrogen) atoms. The fourth-order valence-electron chi connectivity index (χ4n) is 2.59. The zero-order valence-corrected chi connectivity index (χ0v) is 11.5. The Labute approximate surface area is 121 Å². The summed E-state index contributed by atoms with van der Waals surface area (Å²) in [4.78, 5) is 33.4. The lowest BCUT2D eigenvalue weighted by Gasteiger charge is -2.11. The van der Waals surface area contributed by atoms with Gasteiger partial charge in [-0.3, -0.25) is 19.7 Å². The molecule has 1 aliphatic carbocycles. The van der Waals surface area contributed by atoms with Crippen LogP contribution in [-0.4, -0.2) is 21.9 Å². The third kappa shape index (κ3) is 3.36. The van der Waals surface area contributed by atoms with Crippen molar-refractivity contribution in [1.82, 2.24) is 0 Å². The first-order chi connectivity index (χ1) is 9.88. The summed E-state index contributed by atoms with van der Waals surface area (Å²) in [5.74, 6) is -2.17. The number of benzene rings is 1. The van der Waals surface area contributed by atoms with E-state index in [-0.39, 0.29) is 23.7 Å². The Morgan fingerprint density at radius 3 is 2.57 bits per heavy atom. The van der Waals surface area contributed by atoms with Crippen molar-refractivity contribution in [3.05, 3.63) is 33.9 Å². The van der Waals surface area contributed by atoms with Crippen LogP contribution in [0.1, 0.15) is 24.8 Å². The van der Waals surface area contributed by atoms with Crippen LogP contribution < -0.4 is 5.32 Å². The van der Waals surface area contributed by atoms with Crippen molar-refractivity contribution >= 4 is 23.3 Å². The highest BCUT2D eigenvalue weighted by Crippen LogP contribution is 2.33. The maximum Gasteiger partial charge on any atom is 0.306 e. The number of hydrogen-bond donors (Lipinski definition) is 2. The van der Waals surface area contributed by atoms with Gasteiger partial charge in [0.25, 0.3) is 5.69 Å². The molecule has 7 nitrogen and oxygen atoms in total. The highest BCUT2D eigenvalue weighted by Gasteiger charge is 2.34. The number of nitrogens with one attached hydrogen (secondary N) is 1. The number of carbonyl (C=O) groups is 2. The second-order valence-corrected chi connectivity index (χ2v) is 5.31. The summed E-state index contributed by atoms with van der Waals surface area (Å²) < 4.78 is 0. The van der Waals surface area contributed by atoms with Gasteiger partial charge < -0.3 is 10.4 Å². The summed E-state index contributed by atoms with van der Waals surface area (Å²) in [6, 6.07) is 4.49. The van der Waals surface area contributed by atoms with Crippen LogP contribution in [0.5, 0.6) is 0 Å². The van der Waals surface area contributed by atoms with Crippen molar-refractivity contribution < 1.29 is 19.6 Å². The van der Waals surface area contributed by atoms with E-state index in [1.54, 1.807) is 19.1 Å². The predicted octanol–water partition coefficient (Wildman–Crippen LogP) is 2.34. The van der Waals surface area contributed by atoms with Crippen LogP contribution in [0.4, 0.5) is 11.4 Å². The van der Waals surface area contributed by atoms with Gasteiger partial charge in [0.1, 0.15) is 5.69 Å². The molecule has 0 radical (unpaired) electrons. The molecule has 2 unspecified atom stereocenters.